The summed E-state index contributed by atoms with van der Waals surface area (Å²) in [5.41, 5.74) is 5.91. The van der Waals surface area contributed by atoms with E-state index in [0.717, 1.165) is 38.6 Å². The van der Waals surface area contributed by atoms with Crippen molar-refractivity contribution < 1.29 is 9.53 Å². The van der Waals surface area contributed by atoms with Gasteiger partial charge in [0.25, 0.3) is 0 Å². The summed E-state index contributed by atoms with van der Waals surface area (Å²) < 4.78 is 5.03. The molecule has 0 spiro atoms. The molecule has 0 radical (unpaired) electrons. The second kappa shape index (κ2) is 7.67. The highest BCUT2D eigenvalue weighted by Crippen LogP contribution is 2.22. The molecule has 0 aromatic heterocycles. The van der Waals surface area contributed by atoms with Crippen molar-refractivity contribution in [1.29, 1.82) is 0 Å². The smallest absolute Gasteiger partial charge is 0.320 e. The topological polar surface area (TPSA) is 55.6 Å². The van der Waals surface area contributed by atoms with Crippen molar-refractivity contribution in [3.63, 3.8) is 0 Å². The zero-order valence-corrected chi connectivity index (χ0v) is 11.2. The van der Waals surface area contributed by atoms with Crippen LogP contribution < -0.4 is 5.73 Å². The first kappa shape index (κ1) is 14.5. The zero-order chi connectivity index (χ0) is 12.7. The molecule has 4 nitrogen and oxygen atoms in total. The Morgan fingerprint density at radius 3 is 2.47 bits per heavy atom. The molecular weight excluding hydrogens is 216 g/mol. The first-order valence-electron chi connectivity index (χ1n) is 6.82. The first-order chi connectivity index (χ1) is 8.17. The molecule has 0 aliphatic heterocycles. The van der Waals surface area contributed by atoms with Gasteiger partial charge in [-0.3, -0.25) is 9.69 Å². The van der Waals surface area contributed by atoms with Crippen molar-refractivity contribution in [3.8, 4) is 0 Å². The molecule has 0 atom stereocenters. The molecule has 4 heteroatoms. The van der Waals surface area contributed by atoms with Gasteiger partial charge in [-0.2, -0.15) is 0 Å². The molecule has 0 amide bonds. The average Bonchev–Trinajstić information content (AvgIpc) is 2.30. The number of rotatable bonds is 6. The molecule has 0 saturated heterocycles. The summed E-state index contributed by atoms with van der Waals surface area (Å²) in [7, 11) is 0. The van der Waals surface area contributed by atoms with Gasteiger partial charge in [0.15, 0.2) is 0 Å². The second-order valence-electron chi connectivity index (χ2n) is 4.84. The lowest BCUT2D eigenvalue weighted by Gasteiger charge is -2.35. The van der Waals surface area contributed by atoms with Crippen molar-refractivity contribution in [3.05, 3.63) is 0 Å². The molecule has 0 aromatic carbocycles. The molecule has 0 bridgehead atoms. The maximum Gasteiger partial charge on any atom is 0.320 e. The highest BCUT2D eigenvalue weighted by atomic mass is 16.5. The fraction of sp³-hybridized carbons (Fsp3) is 0.923. The second-order valence-corrected chi connectivity index (χ2v) is 4.84. The third-order valence-corrected chi connectivity index (χ3v) is 3.41. The van der Waals surface area contributed by atoms with Crippen LogP contribution >= 0.6 is 0 Å². The fourth-order valence-corrected chi connectivity index (χ4v) is 2.52. The number of nitrogens with zero attached hydrogens (tertiary/aromatic N) is 1. The van der Waals surface area contributed by atoms with Crippen molar-refractivity contribution in [2.45, 2.75) is 58.0 Å². The summed E-state index contributed by atoms with van der Waals surface area (Å²) in [6.45, 7) is 5.86. The Balaban J connectivity index is 2.44. The number of carbonyl (C=O) groups is 1. The first-order valence-corrected chi connectivity index (χ1v) is 6.82. The average molecular weight is 242 g/mol. The van der Waals surface area contributed by atoms with Crippen LogP contribution in [0.15, 0.2) is 0 Å². The SMILES string of the molecule is CCCN(CC(=O)OCC)C1CCC(N)CC1. The van der Waals surface area contributed by atoms with Crippen LogP contribution in [0.25, 0.3) is 0 Å². The van der Waals surface area contributed by atoms with E-state index in [9.17, 15) is 4.79 Å². The van der Waals surface area contributed by atoms with Gasteiger partial charge in [0.1, 0.15) is 0 Å². The van der Waals surface area contributed by atoms with Gasteiger partial charge in [-0.15, -0.1) is 0 Å². The van der Waals surface area contributed by atoms with Gasteiger partial charge in [0.05, 0.1) is 13.2 Å². The van der Waals surface area contributed by atoms with E-state index in [-0.39, 0.29) is 5.97 Å². The molecule has 0 unspecified atom stereocenters. The van der Waals surface area contributed by atoms with Gasteiger partial charge in [0, 0.05) is 12.1 Å². The largest absolute Gasteiger partial charge is 0.465 e. The normalized spacial score (nSPS) is 24.9. The Kier molecular flexibility index (Phi) is 6.52. The molecule has 2 N–H and O–H groups in total. The fourth-order valence-electron chi connectivity index (χ4n) is 2.52. The maximum atomic E-state index is 11.5. The van der Waals surface area contributed by atoms with Crippen molar-refractivity contribution in [1.82, 2.24) is 4.90 Å². The minimum Gasteiger partial charge on any atom is -0.465 e. The Labute approximate surface area is 104 Å². The number of nitrogens with two attached hydrogens (primary N) is 1. The van der Waals surface area contributed by atoms with Crippen LogP contribution in [0.2, 0.25) is 0 Å². The molecule has 1 rings (SSSR count). The van der Waals surface area contributed by atoms with E-state index in [2.05, 4.69) is 11.8 Å². The molecule has 17 heavy (non-hydrogen) atoms. The highest BCUT2D eigenvalue weighted by Gasteiger charge is 2.25. The van der Waals surface area contributed by atoms with Gasteiger partial charge < -0.3 is 10.5 Å². The van der Waals surface area contributed by atoms with Crippen LogP contribution in [0.1, 0.15) is 46.0 Å². The van der Waals surface area contributed by atoms with E-state index >= 15 is 0 Å². The molecule has 1 aliphatic rings. The lowest BCUT2D eigenvalue weighted by Crippen LogP contribution is -2.44. The number of hydrogen-bond donors (Lipinski definition) is 1. The number of ether oxygens (including phenoxy) is 1. The summed E-state index contributed by atoms with van der Waals surface area (Å²) in [5, 5.41) is 0. The number of carbonyl (C=O) groups excluding carboxylic acids is 1. The quantitative estimate of drug-likeness (QED) is 0.718. The summed E-state index contributed by atoms with van der Waals surface area (Å²) in [6.07, 6.45) is 5.45. The standard InChI is InChI=1S/C13H26N2O2/c1-3-9-15(10-13(16)17-4-2)12-7-5-11(14)6-8-12/h11-12H,3-10,14H2,1-2H3. The van der Waals surface area contributed by atoms with E-state index in [1.807, 2.05) is 6.92 Å². The predicted octanol–water partition coefficient (Wildman–Crippen LogP) is 1.53. The van der Waals surface area contributed by atoms with E-state index < -0.39 is 0 Å². The van der Waals surface area contributed by atoms with Crippen LogP contribution in [0.4, 0.5) is 0 Å². The molecule has 1 aliphatic carbocycles. The van der Waals surface area contributed by atoms with Gasteiger partial charge >= 0.3 is 5.97 Å². The monoisotopic (exact) mass is 242 g/mol. The third kappa shape index (κ3) is 5.04. The predicted molar refractivity (Wildman–Crippen MR) is 68.7 cm³/mol. The van der Waals surface area contributed by atoms with E-state index in [0.29, 0.717) is 25.2 Å². The molecule has 1 fully saturated rings. The van der Waals surface area contributed by atoms with Crippen molar-refractivity contribution in [2.75, 3.05) is 19.7 Å². The summed E-state index contributed by atoms with van der Waals surface area (Å²) in [4.78, 5) is 13.8. The van der Waals surface area contributed by atoms with Crippen LogP contribution in [-0.4, -0.2) is 42.6 Å². The Hall–Kier alpha value is -0.610. The molecular formula is C13H26N2O2. The maximum absolute atomic E-state index is 11.5. The molecule has 0 aromatic rings. The van der Waals surface area contributed by atoms with Crippen molar-refractivity contribution in [2.24, 2.45) is 5.73 Å². The Morgan fingerprint density at radius 1 is 1.29 bits per heavy atom. The van der Waals surface area contributed by atoms with Crippen LogP contribution in [0.3, 0.4) is 0 Å². The zero-order valence-electron chi connectivity index (χ0n) is 11.2. The van der Waals surface area contributed by atoms with Gasteiger partial charge in [-0.1, -0.05) is 6.92 Å². The molecule has 100 valence electrons. The molecule has 1 saturated carbocycles. The third-order valence-electron chi connectivity index (χ3n) is 3.41. The number of esters is 1. The summed E-state index contributed by atoms with van der Waals surface area (Å²) in [6, 6.07) is 0.872. The van der Waals surface area contributed by atoms with E-state index in [1.165, 1.54) is 0 Å². The summed E-state index contributed by atoms with van der Waals surface area (Å²) in [5.74, 6) is -0.101. The van der Waals surface area contributed by atoms with Crippen LogP contribution in [0, 0.1) is 0 Å². The van der Waals surface area contributed by atoms with Gasteiger partial charge in [-0.05, 0) is 45.6 Å². The minimum absolute atomic E-state index is 0.101. The minimum atomic E-state index is -0.101. The Bertz CT molecular complexity index is 225. The van der Waals surface area contributed by atoms with Gasteiger partial charge in [-0.25, -0.2) is 0 Å². The van der Waals surface area contributed by atoms with E-state index in [4.69, 9.17) is 10.5 Å². The lowest BCUT2D eigenvalue weighted by atomic mass is 9.90. The van der Waals surface area contributed by atoms with Gasteiger partial charge in [0.2, 0.25) is 0 Å². The van der Waals surface area contributed by atoms with E-state index in [1.54, 1.807) is 0 Å². The summed E-state index contributed by atoms with van der Waals surface area (Å²) >= 11 is 0. The lowest BCUT2D eigenvalue weighted by molar-refractivity contribution is -0.145. The van der Waals surface area contributed by atoms with Crippen LogP contribution in [0.5, 0.6) is 0 Å². The van der Waals surface area contributed by atoms with Crippen LogP contribution in [-0.2, 0) is 9.53 Å². The highest BCUT2D eigenvalue weighted by molar-refractivity contribution is 5.71. The number of hydrogen-bond acceptors (Lipinski definition) is 4. The van der Waals surface area contributed by atoms with Crippen molar-refractivity contribution >= 4 is 5.97 Å². The Morgan fingerprint density at radius 2 is 1.94 bits per heavy atom. The molecule has 0 heterocycles.